The Morgan fingerprint density at radius 3 is 1.50 bits per heavy atom. The topological polar surface area (TPSA) is 80.9 Å². The van der Waals surface area contributed by atoms with Crippen molar-refractivity contribution in [2.75, 3.05) is 0 Å². The fourth-order valence-corrected chi connectivity index (χ4v) is 1.44. The Morgan fingerprint density at radius 1 is 0.643 bits per heavy atom. The summed E-state index contributed by atoms with van der Waals surface area (Å²) in [5, 5.41) is 37.8. The van der Waals surface area contributed by atoms with Gasteiger partial charge in [0.1, 0.15) is 23.0 Å². The summed E-state index contributed by atoms with van der Waals surface area (Å²) >= 11 is 0. The van der Waals surface area contributed by atoms with Gasteiger partial charge in [-0.15, -0.1) is 0 Å². The van der Waals surface area contributed by atoms with Gasteiger partial charge in [0.15, 0.2) is 0 Å². The summed E-state index contributed by atoms with van der Waals surface area (Å²) < 4.78 is 0. The van der Waals surface area contributed by atoms with Crippen LogP contribution in [0.3, 0.4) is 0 Å². The van der Waals surface area contributed by atoms with Crippen LogP contribution in [-0.4, -0.2) is 20.4 Å². The molecule has 0 fully saturated rings. The molecule has 0 aliphatic carbocycles. The third-order valence-electron chi connectivity index (χ3n) is 1.98. The van der Waals surface area contributed by atoms with Gasteiger partial charge in [-0.3, -0.25) is 0 Å². The summed E-state index contributed by atoms with van der Waals surface area (Å²) in [5.74, 6) is -0.699. The van der Waals surface area contributed by atoms with Crippen molar-refractivity contribution in [2.45, 2.75) is 0 Å². The highest BCUT2D eigenvalue weighted by atomic mass is 16.4. The van der Waals surface area contributed by atoms with Crippen LogP contribution in [0.25, 0.3) is 10.8 Å². The largest absolute Gasteiger partial charge is 0.508 e. The summed E-state index contributed by atoms with van der Waals surface area (Å²) in [5.41, 5.74) is 0. The molecule has 2 aromatic rings. The minimum absolute atomic E-state index is 0.125. The molecule has 0 saturated carbocycles. The van der Waals surface area contributed by atoms with Crippen LogP contribution >= 0.6 is 0 Å². The van der Waals surface area contributed by atoms with Crippen LogP contribution in [0.5, 0.6) is 23.0 Å². The molecule has 72 valence electrons. The van der Waals surface area contributed by atoms with Crippen LogP contribution in [0.15, 0.2) is 24.3 Å². The van der Waals surface area contributed by atoms with E-state index >= 15 is 0 Å². The van der Waals surface area contributed by atoms with Crippen molar-refractivity contribution < 1.29 is 20.4 Å². The maximum Gasteiger partial charge on any atom is 0.130 e. The van der Waals surface area contributed by atoms with E-state index in [9.17, 15) is 10.2 Å². The van der Waals surface area contributed by atoms with Gasteiger partial charge in [0, 0.05) is 12.1 Å². The van der Waals surface area contributed by atoms with Crippen molar-refractivity contribution in [3.63, 3.8) is 0 Å². The number of phenols is 4. The molecule has 0 saturated heterocycles. The molecule has 4 N–H and O–H groups in total. The molecule has 4 nitrogen and oxygen atoms in total. The number of benzene rings is 2. The zero-order valence-corrected chi connectivity index (χ0v) is 7.10. The number of phenolic OH excluding ortho intramolecular Hbond substituents is 4. The van der Waals surface area contributed by atoms with Gasteiger partial charge in [-0.25, -0.2) is 0 Å². The van der Waals surface area contributed by atoms with Gasteiger partial charge in [0.2, 0.25) is 0 Å². The Bertz CT molecular complexity index is 462. The molecule has 0 bridgehead atoms. The molecule has 4 heteroatoms. The van der Waals surface area contributed by atoms with Gasteiger partial charge in [-0.05, 0) is 17.5 Å². The Labute approximate surface area is 79.3 Å². The van der Waals surface area contributed by atoms with E-state index in [4.69, 9.17) is 10.2 Å². The van der Waals surface area contributed by atoms with Crippen molar-refractivity contribution in [1.29, 1.82) is 0 Å². The Kier molecular flexibility index (Phi) is 1.64. The van der Waals surface area contributed by atoms with Gasteiger partial charge >= 0.3 is 0 Å². The zero-order valence-electron chi connectivity index (χ0n) is 7.10. The molecule has 0 amide bonds. The smallest absolute Gasteiger partial charge is 0.130 e. The number of rotatable bonds is 0. The predicted octanol–water partition coefficient (Wildman–Crippen LogP) is 1.66. The van der Waals surface area contributed by atoms with E-state index in [0.717, 1.165) is 12.1 Å². The second-order valence-electron chi connectivity index (χ2n) is 3.03. The van der Waals surface area contributed by atoms with Gasteiger partial charge in [-0.2, -0.15) is 0 Å². The lowest BCUT2D eigenvalue weighted by atomic mass is 10.3. The average molecular weight is 196 g/mol. The highest BCUT2D eigenvalue weighted by Gasteiger charge is 2.08. The lowest BCUT2D eigenvalue weighted by molar-refractivity contribution is 0.443. The standard InChI is InChI=1S/C10H8O4/c11-6-1-5-2-7(12)4-9(14)10(5)8(13)3-6/h1-4,11-14H/i3+1,4+1,8+1,9+1. The fraction of sp³-hybridized carbons (Fsp3) is 0. The van der Waals surface area contributed by atoms with Crippen molar-refractivity contribution in [1.82, 2.24) is 0 Å². The molecule has 0 aliphatic heterocycles. The minimum atomic E-state index is -0.225. The molecule has 0 unspecified atom stereocenters. The Morgan fingerprint density at radius 2 is 1.07 bits per heavy atom. The summed E-state index contributed by atoms with van der Waals surface area (Å²) in [4.78, 5) is 0. The minimum Gasteiger partial charge on any atom is -0.508 e. The van der Waals surface area contributed by atoms with E-state index in [1.807, 2.05) is 0 Å². The Hall–Kier alpha value is -2.10. The molecule has 2 aromatic carbocycles. The number of hydrogen-bond donors (Lipinski definition) is 4. The first-order valence-electron chi connectivity index (χ1n) is 3.95. The molecule has 0 spiro atoms. The summed E-state index contributed by atoms with van der Waals surface area (Å²) in [6.07, 6.45) is 0. The molecule has 0 aliphatic rings. The second-order valence-corrected chi connectivity index (χ2v) is 3.03. The first-order chi connectivity index (χ1) is 6.58. The SMILES string of the molecule is Oc1cc2cc(O)[13cH][13c](O)c2[13c](O)[13cH]1. The summed E-state index contributed by atoms with van der Waals surface area (Å²) in [7, 11) is 0. The van der Waals surface area contributed by atoms with Crippen LogP contribution in [0, 0.1) is 0 Å². The molecule has 0 atom stereocenters. The monoisotopic (exact) mass is 196 g/mol. The van der Waals surface area contributed by atoms with Crippen LogP contribution in [0.2, 0.25) is 0 Å². The third kappa shape index (κ3) is 1.17. The highest BCUT2D eigenvalue weighted by molar-refractivity contribution is 5.95. The number of fused-ring (bicyclic) bond motifs is 1. The van der Waals surface area contributed by atoms with E-state index in [2.05, 4.69) is 0 Å². The van der Waals surface area contributed by atoms with Gasteiger partial charge in [0.25, 0.3) is 0 Å². The maximum atomic E-state index is 9.42. The first-order valence-corrected chi connectivity index (χ1v) is 3.95. The van der Waals surface area contributed by atoms with E-state index < -0.39 is 0 Å². The van der Waals surface area contributed by atoms with E-state index in [-0.39, 0.29) is 28.4 Å². The lowest BCUT2D eigenvalue weighted by Crippen LogP contribution is -1.76. The quantitative estimate of drug-likeness (QED) is 0.516. The molecule has 2 rings (SSSR count). The normalized spacial score (nSPS) is 10.6. The lowest BCUT2D eigenvalue weighted by Gasteiger charge is -2.05. The van der Waals surface area contributed by atoms with E-state index in [1.165, 1.54) is 12.1 Å². The Balaban J connectivity index is 2.94. The van der Waals surface area contributed by atoms with Crippen LogP contribution in [-0.2, 0) is 0 Å². The van der Waals surface area contributed by atoms with Crippen LogP contribution in [0.4, 0.5) is 0 Å². The highest BCUT2D eigenvalue weighted by Crippen LogP contribution is 2.38. The average Bonchev–Trinajstić information content (AvgIpc) is 1.99. The van der Waals surface area contributed by atoms with Crippen molar-refractivity contribution >= 4 is 10.8 Å². The predicted molar refractivity (Wildman–Crippen MR) is 50.6 cm³/mol. The number of hydrogen-bond acceptors (Lipinski definition) is 4. The zero-order chi connectivity index (χ0) is 10.3. The third-order valence-corrected chi connectivity index (χ3v) is 1.98. The molecule has 0 radical (unpaired) electrons. The van der Waals surface area contributed by atoms with E-state index in [0.29, 0.717) is 5.39 Å². The summed E-state index contributed by atoms with van der Waals surface area (Å²) in [6, 6.07) is 4.93. The van der Waals surface area contributed by atoms with Gasteiger partial charge in [-0.1, -0.05) is 0 Å². The second kappa shape index (κ2) is 2.70. The number of aromatic hydroxyl groups is 4. The van der Waals surface area contributed by atoms with Crippen molar-refractivity contribution in [3.05, 3.63) is 24.3 Å². The molecule has 14 heavy (non-hydrogen) atoms. The van der Waals surface area contributed by atoms with Crippen molar-refractivity contribution in [3.8, 4) is 23.0 Å². The van der Waals surface area contributed by atoms with Crippen molar-refractivity contribution in [2.24, 2.45) is 0 Å². The van der Waals surface area contributed by atoms with Gasteiger partial charge < -0.3 is 20.4 Å². The van der Waals surface area contributed by atoms with E-state index in [1.54, 1.807) is 0 Å². The maximum absolute atomic E-state index is 9.42. The van der Waals surface area contributed by atoms with Crippen LogP contribution < -0.4 is 0 Å². The molecular formula is C10H8O4. The molecule has 0 heterocycles. The fourth-order valence-electron chi connectivity index (χ4n) is 1.44. The van der Waals surface area contributed by atoms with Gasteiger partial charge in [0.05, 0.1) is 5.39 Å². The molecule has 0 aromatic heterocycles. The van der Waals surface area contributed by atoms with Crippen LogP contribution in [0.1, 0.15) is 0 Å². The summed E-state index contributed by atoms with van der Waals surface area (Å²) in [6.45, 7) is 0. The first kappa shape index (κ1) is 8.50. The molecular weight excluding hydrogens is 188 g/mol.